The largest absolute Gasteiger partial charge is 0.331 e. The standard InChI is InChI=1S/C20H27N7/c1-3-15-8-9-16(10-15)26-12-17(11-20(26)23-14-22-13-21-2)27-19-7-5-4-6-18(19)24-25-27/h4-7,12,14-16,21H,3,8-11,13H2,1-2H3. The lowest BCUT2D eigenvalue weighted by molar-refractivity contribution is 0.393. The number of benzene rings is 1. The van der Waals surface area contributed by atoms with Crippen LogP contribution in [0.2, 0.25) is 0 Å². The van der Waals surface area contributed by atoms with E-state index in [4.69, 9.17) is 0 Å². The molecule has 0 bridgehead atoms. The Morgan fingerprint density at radius 3 is 3.00 bits per heavy atom. The minimum Gasteiger partial charge on any atom is -0.331 e. The number of hydrogen-bond donors (Lipinski definition) is 1. The second kappa shape index (κ2) is 8.00. The van der Waals surface area contributed by atoms with Gasteiger partial charge in [0.15, 0.2) is 0 Å². The van der Waals surface area contributed by atoms with Gasteiger partial charge in [0, 0.05) is 18.7 Å². The van der Waals surface area contributed by atoms with Crippen LogP contribution in [0.1, 0.15) is 39.0 Å². The van der Waals surface area contributed by atoms with E-state index in [0.29, 0.717) is 12.7 Å². The Balaban J connectivity index is 1.64. The SMILES string of the molecule is CCC1CCC(N2C=C(n3nnc4ccccc43)CC2=NC=NCNC)C1. The van der Waals surface area contributed by atoms with Gasteiger partial charge in [-0.3, -0.25) is 4.99 Å². The number of aliphatic imine (C=N–C) groups is 2. The first kappa shape index (κ1) is 17.9. The number of rotatable bonds is 6. The van der Waals surface area contributed by atoms with Gasteiger partial charge >= 0.3 is 0 Å². The van der Waals surface area contributed by atoms with Crippen LogP contribution < -0.4 is 5.32 Å². The number of fused-ring (bicyclic) bond motifs is 1. The second-order valence-electron chi connectivity index (χ2n) is 7.29. The third kappa shape index (κ3) is 3.64. The molecule has 1 aliphatic carbocycles. The van der Waals surface area contributed by atoms with Crippen LogP contribution in [0.25, 0.3) is 16.7 Å². The summed E-state index contributed by atoms with van der Waals surface area (Å²) in [6.45, 7) is 2.87. The van der Waals surface area contributed by atoms with E-state index in [0.717, 1.165) is 34.9 Å². The molecule has 2 unspecified atom stereocenters. The van der Waals surface area contributed by atoms with Gasteiger partial charge in [0.25, 0.3) is 0 Å². The highest BCUT2D eigenvalue weighted by atomic mass is 15.4. The van der Waals surface area contributed by atoms with Crippen molar-refractivity contribution in [1.82, 2.24) is 25.2 Å². The first-order chi connectivity index (χ1) is 13.3. The molecular formula is C20H27N7. The topological polar surface area (TPSA) is 70.7 Å². The molecule has 1 aromatic heterocycles. The van der Waals surface area contributed by atoms with Gasteiger partial charge in [0.2, 0.25) is 0 Å². The van der Waals surface area contributed by atoms with E-state index in [1.807, 2.05) is 29.9 Å². The highest BCUT2D eigenvalue weighted by molar-refractivity contribution is 5.99. The van der Waals surface area contributed by atoms with Crippen molar-refractivity contribution in [3.63, 3.8) is 0 Å². The molecule has 0 saturated heterocycles. The molecule has 27 heavy (non-hydrogen) atoms. The molecule has 2 aliphatic rings. The number of amidine groups is 1. The molecule has 142 valence electrons. The van der Waals surface area contributed by atoms with Crippen molar-refractivity contribution in [3.8, 4) is 0 Å². The van der Waals surface area contributed by atoms with Crippen LogP contribution >= 0.6 is 0 Å². The summed E-state index contributed by atoms with van der Waals surface area (Å²) < 4.78 is 1.95. The zero-order chi connectivity index (χ0) is 18.6. The van der Waals surface area contributed by atoms with Crippen LogP contribution in [0, 0.1) is 5.92 Å². The van der Waals surface area contributed by atoms with Gasteiger partial charge in [0.05, 0.1) is 17.9 Å². The lowest BCUT2D eigenvalue weighted by Gasteiger charge is -2.24. The number of para-hydroxylation sites is 1. The molecular weight excluding hydrogens is 338 g/mol. The minimum atomic E-state index is 0.513. The molecule has 2 aromatic rings. The summed E-state index contributed by atoms with van der Waals surface area (Å²) in [5, 5.41) is 11.7. The van der Waals surface area contributed by atoms with Crippen LogP contribution in [0.4, 0.5) is 0 Å². The van der Waals surface area contributed by atoms with Crippen LogP contribution in [-0.4, -0.2) is 51.8 Å². The molecule has 7 heteroatoms. The molecule has 1 aliphatic heterocycles. The Labute approximate surface area is 159 Å². The molecule has 0 radical (unpaired) electrons. The second-order valence-corrected chi connectivity index (χ2v) is 7.29. The molecule has 0 spiro atoms. The van der Waals surface area contributed by atoms with Crippen molar-refractivity contribution in [2.45, 2.75) is 45.1 Å². The fourth-order valence-electron chi connectivity index (χ4n) is 4.08. The van der Waals surface area contributed by atoms with Crippen molar-refractivity contribution in [2.24, 2.45) is 15.9 Å². The molecule has 0 amide bonds. The fourth-order valence-corrected chi connectivity index (χ4v) is 4.08. The summed E-state index contributed by atoms with van der Waals surface area (Å²) in [6, 6.07) is 8.59. The number of aromatic nitrogens is 3. The fraction of sp³-hybridized carbons (Fsp3) is 0.500. The Morgan fingerprint density at radius 1 is 1.30 bits per heavy atom. The average Bonchev–Trinajstić information content (AvgIpc) is 3.42. The third-order valence-corrected chi connectivity index (χ3v) is 5.57. The average molecular weight is 365 g/mol. The Morgan fingerprint density at radius 2 is 2.19 bits per heavy atom. The van der Waals surface area contributed by atoms with E-state index < -0.39 is 0 Å². The van der Waals surface area contributed by atoms with Gasteiger partial charge in [-0.1, -0.05) is 30.7 Å². The van der Waals surface area contributed by atoms with Crippen LogP contribution in [0.3, 0.4) is 0 Å². The van der Waals surface area contributed by atoms with Crippen LogP contribution in [0.15, 0.2) is 40.5 Å². The molecule has 1 fully saturated rings. The maximum absolute atomic E-state index is 4.68. The highest BCUT2D eigenvalue weighted by Gasteiger charge is 2.33. The van der Waals surface area contributed by atoms with E-state index in [-0.39, 0.29) is 0 Å². The zero-order valence-electron chi connectivity index (χ0n) is 16.0. The first-order valence-electron chi connectivity index (χ1n) is 9.79. The van der Waals surface area contributed by atoms with E-state index in [1.165, 1.54) is 25.7 Å². The van der Waals surface area contributed by atoms with Crippen LogP contribution in [-0.2, 0) is 0 Å². The zero-order valence-corrected chi connectivity index (χ0v) is 16.0. The van der Waals surface area contributed by atoms with E-state index in [9.17, 15) is 0 Å². The van der Waals surface area contributed by atoms with E-state index in [2.05, 4.69) is 49.7 Å². The summed E-state index contributed by atoms with van der Waals surface area (Å²) in [4.78, 5) is 11.3. The molecule has 1 N–H and O–H groups in total. The van der Waals surface area contributed by atoms with Crippen molar-refractivity contribution in [2.75, 3.05) is 13.7 Å². The number of nitrogens with one attached hydrogen (secondary N) is 1. The summed E-state index contributed by atoms with van der Waals surface area (Å²) in [6.07, 6.45) is 9.62. The highest BCUT2D eigenvalue weighted by Crippen LogP contribution is 2.35. The van der Waals surface area contributed by atoms with Crippen molar-refractivity contribution >= 4 is 28.9 Å². The molecule has 2 atom stereocenters. The lowest BCUT2D eigenvalue weighted by atomic mass is 10.1. The van der Waals surface area contributed by atoms with Gasteiger partial charge in [-0.15, -0.1) is 5.10 Å². The van der Waals surface area contributed by atoms with Gasteiger partial charge in [0.1, 0.15) is 17.7 Å². The van der Waals surface area contributed by atoms with Gasteiger partial charge in [-0.25, -0.2) is 9.67 Å². The Kier molecular flexibility index (Phi) is 5.29. The third-order valence-electron chi connectivity index (χ3n) is 5.57. The Bertz CT molecular complexity index is 879. The Hall–Kier alpha value is -2.54. The van der Waals surface area contributed by atoms with Gasteiger partial charge < -0.3 is 10.2 Å². The van der Waals surface area contributed by atoms with Crippen LogP contribution in [0.5, 0.6) is 0 Å². The van der Waals surface area contributed by atoms with E-state index in [1.54, 1.807) is 6.34 Å². The summed E-state index contributed by atoms with van der Waals surface area (Å²) in [5.41, 5.74) is 3.06. The lowest BCUT2D eigenvalue weighted by Crippen LogP contribution is -2.31. The molecule has 1 saturated carbocycles. The maximum atomic E-state index is 4.68. The summed E-state index contributed by atoms with van der Waals surface area (Å²) >= 11 is 0. The normalized spacial score (nSPS) is 24.6. The molecule has 1 aromatic carbocycles. The quantitative estimate of drug-likeness (QED) is 0.631. The predicted octanol–water partition coefficient (Wildman–Crippen LogP) is 3.12. The molecule has 4 rings (SSSR count). The van der Waals surface area contributed by atoms with Crippen molar-refractivity contribution < 1.29 is 0 Å². The maximum Gasteiger partial charge on any atom is 0.116 e. The predicted molar refractivity (Wildman–Crippen MR) is 110 cm³/mol. The summed E-state index contributed by atoms with van der Waals surface area (Å²) in [5.74, 6) is 1.87. The van der Waals surface area contributed by atoms with Crippen molar-refractivity contribution in [1.29, 1.82) is 0 Å². The number of hydrogen-bond acceptors (Lipinski definition) is 4. The van der Waals surface area contributed by atoms with Gasteiger partial charge in [-0.05, 0) is 44.4 Å². The van der Waals surface area contributed by atoms with E-state index >= 15 is 0 Å². The smallest absolute Gasteiger partial charge is 0.116 e. The monoisotopic (exact) mass is 365 g/mol. The first-order valence-corrected chi connectivity index (χ1v) is 9.79. The van der Waals surface area contributed by atoms with Gasteiger partial charge in [-0.2, -0.15) is 0 Å². The minimum absolute atomic E-state index is 0.513. The molecule has 2 heterocycles. The summed E-state index contributed by atoms with van der Waals surface area (Å²) in [7, 11) is 1.88. The van der Waals surface area contributed by atoms with Crippen molar-refractivity contribution in [3.05, 3.63) is 30.5 Å². The molecule has 7 nitrogen and oxygen atoms in total. The number of nitrogens with zero attached hydrogens (tertiary/aromatic N) is 6.